The van der Waals surface area contributed by atoms with Crippen molar-refractivity contribution >= 4 is 17.6 Å². The maximum absolute atomic E-state index is 13.2. The molecule has 0 aliphatic rings. The van der Waals surface area contributed by atoms with Crippen molar-refractivity contribution in [3.05, 3.63) is 29.6 Å². The van der Waals surface area contributed by atoms with Crippen molar-refractivity contribution in [1.29, 1.82) is 0 Å². The summed E-state index contributed by atoms with van der Waals surface area (Å²) in [5.41, 5.74) is 0.260. The molecular formula is C15H21FN2O3. The Hall–Kier alpha value is -1.95. The number of amides is 1. The maximum atomic E-state index is 13.2. The summed E-state index contributed by atoms with van der Waals surface area (Å²) in [6, 6.07) is 3.95. The molecule has 0 radical (unpaired) electrons. The average Bonchev–Trinajstić information content (AvgIpc) is 2.44. The molecule has 1 rings (SSSR count). The van der Waals surface area contributed by atoms with Crippen LogP contribution in [0.15, 0.2) is 18.2 Å². The van der Waals surface area contributed by atoms with Gasteiger partial charge in [-0.05, 0) is 31.2 Å². The van der Waals surface area contributed by atoms with Gasteiger partial charge < -0.3 is 15.4 Å². The Bertz CT molecular complexity index is 504. The van der Waals surface area contributed by atoms with Crippen molar-refractivity contribution < 1.29 is 18.7 Å². The lowest BCUT2D eigenvalue weighted by atomic mass is 10.1. The number of carbonyl (C=O) groups is 2. The van der Waals surface area contributed by atoms with Gasteiger partial charge in [0.15, 0.2) is 0 Å². The second-order valence-corrected chi connectivity index (χ2v) is 4.94. The number of methoxy groups -OCH3 is 1. The third-order valence-electron chi connectivity index (χ3n) is 2.79. The van der Waals surface area contributed by atoms with Gasteiger partial charge in [0.25, 0.3) is 0 Å². The van der Waals surface area contributed by atoms with Crippen molar-refractivity contribution in [3.8, 4) is 0 Å². The van der Waals surface area contributed by atoms with Crippen LogP contribution in [0.5, 0.6) is 0 Å². The molecule has 21 heavy (non-hydrogen) atoms. The zero-order valence-electron chi connectivity index (χ0n) is 12.5. The van der Waals surface area contributed by atoms with E-state index < -0.39 is 11.8 Å². The van der Waals surface area contributed by atoms with E-state index in [2.05, 4.69) is 15.4 Å². The van der Waals surface area contributed by atoms with E-state index in [1.165, 1.54) is 19.2 Å². The fraction of sp³-hybridized carbons (Fsp3) is 0.467. The number of hydrogen-bond acceptors (Lipinski definition) is 4. The monoisotopic (exact) mass is 296 g/mol. The number of ether oxygens (including phenoxy) is 1. The van der Waals surface area contributed by atoms with Crippen LogP contribution in [-0.2, 0) is 9.53 Å². The lowest BCUT2D eigenvalue weighted by Gasteiger charge is -2.11. The average molecular weight is 296 g/mol. The molecule has 0 atom stereocenters. The fourth-order valence-electron chi connectivity index (χ4n) is 1.76. The van der Waals surface area contributed by atoms with E-state index in [0.717, 1.165) is 12.6 Å². The number of nitrogens with one attached hydrogen (secondary N) is 2. The minimum Gasteiger partial charge on any atom is -0.465 e. The van der Waals surface area contributed by atoms with Crippen LogP contribution in [0.4, 0.5) is 10.1 Å². The molecule has 0 bridgehead atoms. The zero-order valence-corrected chi connectivity index (χ0v) is 12.5. The highest BCUT2D eigenvalue weighted by Crippen LogP contribution is 2.18. The smallest absolute Gasteiger partial charge is 0.340 e. The van der Waals surface area contributed by atoms with Crippen molar-refractivity contribution in [2.24, 2.45) is 0 Å². The molecule has 1 aromatic rings. The molecule has 0 spiro atoms. The Balaban J connectivity index is 2.61. The quantitative estimate of drug-likeness (QED) is 0.598. The van der Waals surface area contributed by atoms with Gasteiger partial charge in [-0.25, -0.2) is 9.18 Å². The van der Waals surface area contributed by atoms with E-state index in [1.54, 1.807) is 0 Å². The van der Waals surface area contributed by atoms with Crippen molar-refractivity contribution in [1.82, 2.24) is 5.32 Å². The number of esters is 1. The first-order valence-electron chi connectivity index (χ1n) is 6.85. The molecule has 5 nitrogen and oxygen atoms in total. The summed E-state index contributed by atoms with van der Waals surface area (Å²) in [5, 5.41) is 5.81. The molecule has 0 aliphatic heterocycles. The van der Waals surface area contributed by atoms with Crippen LogP contribution in [0.2, 0.25) is 0 Å². The Morgan fingerprint density at radius 3 is 2.67 bits per heavy atom. The number of anilines is 1. The molecule has 0 aromatic heterocycles. The first-order valence-corrected chi connectivity index (χ1v) is 6.85. The maximum Gasteiger partial charge on any atom is 0.340 e. The predicted octanol–water partition coefficient (Wildman–Crippen LogP) is 2.33. The van der Waals surface area contributed by atoms with E-state index in [0.29, 0.717) is 18.9 Å². The van der Waals surface area contributed by atoms with Gasteiger partial charge in [0.05, 0.1) is 18.4 Å². The number of carbonyl (C=O) groups excluding carboxylic acids is 2. The fourth-order valence-corrected chi connectivity index (χ4v) is 1.76. The van der Waals surface area contributed by atoms with Gasteiger partial charge in [-0.1, -0.05) is 13.8 Å². The molecule has 6 heteroatoms. The second-order valence-electron chi connectivity index (χ2n) is 4.94. The van der Waals surface area contributed by atoms with Gasteiger partial charge in [-0.15, -0.1) is 0 Å². The number of benzene rings is 1. The summed E-state index contributed by atoms with van der Waals surface area (Å²) in [6.07, 6.45) is 0.997. The first-order chi connectivity index (χ1) is 9.93. The number of rotatable bonds is 7. The third-order valence-corrected chi connectivity index (χ3v) is 2.79. The Morgan fingerprint density at radius 1 is 1.33 bits per heavy atom. The van der Waals surface area contributed by atoms with E-state index in [9.17, 15) is 14.0 Å². The molecule has 0 unspecified atom stereocenters. The molecule has 0 fully saturated rings. The highest BCUT2D eigenvalue weighted by atomic mass is 19.1. The normalized spacial score (nSPS) is 10.5. The van der Waals surface area contributed by atoms with Crippen molar-refractivity contribution in [2.45, 2.75) is 32.7 Å². The standard InChI is InChI=1S/C15H21FN2O3/c1-10(2)17-8-4-5-14(19)18-13-7-6-11(16)9-12(13)15(20)21-3/h6-7,9-10,17H,4-5,8H2,1-3H3,(H,18,19). The van der Waals surface area contributed by atoms with E-state index in [-0.39, 0.29) is 17.2 Å². The van der Waals surface area contributed by atoms with Crippen LogP contribution in [-0.4, -0.2) is 31.6 Å². The van der Waals surface area contributed by atoms with Crippen molar-refractivity contribution in [3.63, 3.8) is 0 Å². The van der Waals surface area contributed by atoms with Crippen LogP contribution < -0.4 is 10.6 Å². The summed E-state index contributed by atoms with van der Waals surface area (Å²) in [7, 11) is 1.20. The highest BCUT2D eigenvalue weighted by molar-refractivity contribution is 6.01. The topological polar surface area (TPSA) is 67.4 Å². The van der Waals surface area contributed by atoms with Crippen LogP contribution in [0.1, 0.15) is 37.0 Å². The van der Waals surface area contributed by atoms with E-state index in [1.807, 2.05) is 13.8 Å². The minimum absolute atomic E-state index is 0.00570. The lowest BCUT2D eigenvalue weighted by molar-refractivity contribution is -0.116. The summed E-state index contributed by atoms with van der Waals surface area (Å²) in [4.78, 5) is 23.4. The molecular weight excluding hydrogens is 275 g/mol. The third kappa shape index (κ3) is 5.91. The Labute approximate surface area is 123 Å². The van der Waals surface area contributed by atoms with Gasteiger partial charge in [-0.2, -0.15) is 0 Å². The first kappa shape index (κ1) is 17.1. The molecule has 0 aliphatic carbocycles. The molecule has 1 amide bonds. The Kier molecular flexibility index (Phi) is 6.81. The number of hydrogen-bond donors (Lipinski definition) is 2. The Morgan fingerprint density at radius 2 is 2.05 bits per heavy atom. The summed E-state index contributed by atoms with van der Waals surface area (Å²) in [5.74, 6) is -1.47. The summed E-state index contributed by atoms with van der Waals surface area (Å²) >= 11 is 0. The van der Waals surface area contributed by atoms with Crippen LogP contribution in [0.25, 0.3) is 0 Å². The van der Waals surface area contributed by atoms with Crippen LogP contribution in [0, 0.1) is 5.82 Å². The molecule has 0 saturated carbocycles. The van der Waals surface area contributed by atoms with Gasteiger partial charge in [0.1, 0.15) is 5.82 Å². The highest BCUT2D eigenvalue weighted by Gasteiger charge is 2.14. The zero-order chi connectivity index (χ0) is 15.8. The SMILES string of the molecule is COC(=O)c1cc(F)ccc1NC(=O)CCCNC(C)C. The minimum atomic E-state index is -0.689. The molecule has 116 valence electrons. The van der Waals surface area contributed by atoms with E-state index >= 15 is 0 Å². The van der Waals surface area contributed by atoms with Crippen LogP contribution >= 0.6 is 0 Å². The predicted molar refractivity (Wildman–Crippen MR) is 78.7 cm³/mol. The van der Waals surface area contributed by atoms with Gasteiger partial charge >= 0.3 is 5.97 Å². The van der Waals surface area contributed by atoms with Crippen LogP contribution in [0.3, 0.4) is 0 Å². The molecule has 2 N–H and O–H groups in total. The van der Waals surface area contributed by atoms with Crippen molar-refractivity contribution in [2.75, 3.05) is 19.0 Å². The summed E-state index contributed by atoms with van der Waals surface area (Å²) in [6.45, 7) is 4.79. The largest absolute Gasteiger partial charge is 0.465 e. The van der Waals surface area contributed by atoms with E-state index in [4.69, 9.17) is 0 Å². The van der Waals surface area contributed by atoms with Gasteiger partial charge in [0, 0.05) is 12.5 Å². The molecule has 1 aromatic carbocycles. The second kappa shape index (κ2) is 8.36. The van der Waals surface area contributed by atoms with Gasteiger partial charge in [0.2, 0.25) is 5.91 Å². The number of halogens is 1. The lowest BCUT2D eigenvalue weighted by Crippen LogP contribution is -2.25. The molecule has 0 saturated heterocycles. The van der Waals surface area contributed by atoms with Gasteiger partial charge in [-0.3, -0.25) is 4.79 Å². The summed E-state index contributed by atoms with van der Waals surface area (Å²) < 4.78 is 17.7. The molecule has 0 heterocycles.